The molecule has 5 heteroatoms. The Bertz CT molecular complexity index is 532. The van der Waals surface area contributed by atoms with Crippen molar-refractivity contribution >= 4 is 23.4 Å². The van der Waals surface area contributed by atoms with Crippen molar-refractivity contribution in [3.05, 3.63) is 34.9 Å². The Balaban J connectivity index is 3.14. The zero-order valence-electron chi connectivity index (χ0n) is 10.8. The number of nitriles is 1. The Morgan fingerprint density at radius 1 is 1.47 bits per heavy atom. The molecule has 1 aromatic carbocycles. The SMILES string of the molecule is CCOC(=O)Cc1cccc(C(=O)C(C)Cl)c1C#N. The molecule has 0 aliphatic carbocycles. The summed E-state index contributed by atoms with van der Waals surface area (Å²) in [5.74, 6) is -0.758. The van der Waals surface area contributed by atoms with E-state index < -0.39 is 11.3 Å². The molecule has 0 spiro atoms. The molecule has 0 fully saturated rings. The molecule has 0 heterocycles. The second kappa shape index (κ2) is 6.91. The highest BCUT2D eigenvalue weighted by Crippen LogP contribution is 2.18. The average molecular weight is 280 g/mol. The fourth-order valence-corrected chi connectivity index (χ4v) is 1.78. The third-order valence-electron chi connectivity index (χ3n) is 2.53. The van der Waals surface area contributed by atoms with E-state index in [0.29, 0.717) is 5.56 Å². The van der Waals surface area contributed by atoms with E-state index in [1.165, 1.54) is 6.07 Å². The van der Waals surface area contributed by atoms with Gasteiger partial charge in [-0.25, -0.2) is 0 Å². The van der Waals surface area contributed by atoms with Crippen molar-refractivity contribution in [1.29, 1.82) is 5.26 Å². The Morgan fingerprint density at radius 3 is 2.68 bits per heavy atom. The van der Waals surface area contributed by atoms with E-state index in [9.17, 15) is 14.9 Å². The van der Waals surface area contributed by atoms with E-state index in [0.717, 1.165) is 0 Å². The van der Waals surface area contributed by atoms with E-state index in [2.05, 4.69) is 0 Å². The fraction of sp³-hybridized carbons (Fsp3) is 0.357. The maximum absolute atomic E-state index is 11.9. The highest BCUT2D eigenvalue weighted by Gasteiger charge is 2.19. The van der Waals surface area contributed by atoms with Gasteiger partial charge in [-0.15, -0.1) is 11.6 Å². The molecule has 4 nitrogen and oxygen atoms in total. The van der Waals surface area contributed by atoms with Crippen LogP contribution in [0.4, 0.5) is 0 Å². The van der Waals surface area contributed by atoms with Gasteiger partial charge in [0.2, 0.25) is 0 Å². The minimum absolute atomic E-state index is 0.0332. The number of hydrogen-bond acceptors (Lipinski definition) is 4. The third-order valence-corrected chi connectivity index (χ3v) is 2.73. The molecule has 1 atom stereocenters. The predicted octanol–water partition coefficient (Wildman–Crippen LogP) is 2.47. The molecule has 0 saturated carbocycles. The van der Waals surface area contributed by atoms with Crippen LogP contribution in [0.3, 0.4) is 0 Å². The molecule has 1 unspecified atom stereocenters. The van der Waals surface area contributed by atoms with Crippen LogP contribution in [0.25, 0.3) is 0 Å². The van der Waals surface area contributed by atoms with Crippen molar-refractivity contribution < 1.29 is 14.3 Å². The van der Waals surface area contributed by atoms with Crippen molar-refractivity contribution in [2.45, 2.75) is 25.6 Å². The quantitative estimate of drug-likeness (QED) is 0.472. The summed E-state index contributed by atoms with van der Waals surface area (Å²) in [7, 11) is 0. The molecule has 1 aromatic rings. The van der Waals surface area contributed by atoms with Crippen molar-refractivity contribution in [3.63, 3.8) is 0 Å². The Hall–Kier alpha value is -1.86. The highest BCUT2D eigenvalue weighted by molar-refractivity contribution is 6.33. The number of benzene rings is 1. The van der Waals surface area contributed by atoms with Crippen molar-refractivity contribution in [3.8, 4) is 6.07 Å². The van der Waals surface area contributed by atoms with Gasteiger partial charge in [0, 0.05) is 5.56 Å². The maximum atomic E-state index is 11.9. The summed E-state index contributed by atoms with van der Waals surface area (Å²) in [6, 6.07) is 6.75. The minimum atomic E-state index is -0.718. The number of carbonyl (C=O) groups is 2. The lowest BCUT2D eigenvalue weighted by molar-refractivity contribution is -0.142. The lowest BCUT2D eigenvalue weighted by atomic mass is 9.96. The van der Waals surface area contributed by atoms with Gasteiger partial charge in [-0.3, -0.25) is 9.59 Å². The highest BCUT2D eigenvalue weighted by atomic mass is 35.5. The number of Topliss-reactive ketones (excluding diaryl/α,β-unsaturated/α-hetero) is 1. The van der Waals surface area contributed by atoms with Gasteiger partial charge < -0.3 is 4.74 Å². The third kappa shape index (κ3) is 3.80. The molecule has 0 aliphatic rings. The van der Waals surface area contributed by atoms with Crippen LogP contribution >= 0.6 is 11.6 Å². The van der Waals surface area contributed by atoms with E-state index in [4.69, 9.17) is 16.3 Å². The van der Waals surface area contributed by atoms with Gasteiger partial charge in [0.25, 0.3) is 0 Å². The second-order valence-corrected chi connectivity index (χ2v) is 4.57. The normalized spacial score (nSPS) is 11.5. The first kappa shape index (κ1) is 15.2. The van der Waals surface area contributed by atoms with Gasteiger partial charge in [0.05, 0.1) is 24.0 Å². The fourth-order valence-electron chi connectivity index (χ4n) is 1.67. The number of ketones is 1. The number of rotatable bonds is 5. The van der Waals surface area contributed by atoms with E-state index >= 15 is 0 Å². The van der Waals surface area contributed by atoms with Crippen LogP contribution in [0.5, 0.6) is 0 Å². The molecule has 0 bridgehead atoms. The van der Waals surface area contributed by atoms with E-state index in [1.807, 2.05) is 6.07 Å². The number of hydrogen-bond donors (Lipinski definition) is 0. The van der Waals surface area contributed by atoms with E-state index in [-0.39, 0.29) is 29.9 Å². The summed E-state index contributed by atoms with van der Waals surface area (Å²) < 4.78 is 4.83. The number of nitrogens with zero attached hydrogens (tertiary/aromatic N) is 1. The predicted molar refractivity (Wildman–Crippen MR) is 71.1 cm³/mol. The van der Waals surface area contributed by atoms with Crippen LogP contribution in [0.2, 0.25) is 0 Å². The largest absolute Gasteiger partial charge is 0.466 e. The molecule has 0 amide bonds. The van der Waals surface area contributed by atoms with Crippen molar-refractivity contribution in [1.82, 2.24) is 0 Å². The van der Waals surface area contributed by atoms with Crippen LogP contribution in [0, 0.1) is 11.3 Å². The van der Waals surface area contributed by atoms with Gasteiger partial charge in [0.15, 0.2) is 5.78 Å². The zero-order valence-corrected chi connectivity index (χ0v) is 11.5. The Kier molecular flexibility index (Phi) is 5.53. The second-order valence-electron chi connectivity index (χ2n) is 3.91. The van der Waals surface area contributed by atoms with Gasteiger partial charge in [-0.2, -0.15) is 5.26 Å². The van der Waals surface area contributed by atoms with Crippen molar-refractivity contribution in [2.24, 2.45) is 0 Å². The van der Waals surface area contributed by atoms with Crippen LogP contribution in [-0.2, 0) is 16.0 Å². The number of esters is 1. The van der Waals surface area contributed by atoms with Crippen LogP contribution in [0.15, 0.2) is 18.2 Å². The summed E-state index contributed by atoms with van der Waals surface area (Å²) >= 11 is 5.75. The number of halogens is 1. The summed E-state index contributed by atoms with van der Waals surface area (Å²) in [4.78, 5) is 23.3. The Morgan fingerprint density at radius 2 is 2.16 bits per heavy atom. The molecule has 0 radical (unpaired) electrons. The molecule has 100 valence electrons. The van der Waals surface area contributed by atoms with Crippen LogP contribution < -0.4 is 0 Å². The molecular weight excluding hydrogens is 266 g/mol. The standard InChI is InChI=1S/C14H14ClNO3/c1-3-19-13(17)7-10-5-4-6-11(12(10)8-16)14(18)9(2)15/h4-6,9H,3,7H2,1-2H3. The molecule has 0 aliphatic heterocycles. The van der Waals surface area contributed by atoms with Gasteiger partial charge in [-0.05, 0) is 25.5 Å². The molecule has 0 N–H and O–H groups in total. The van der Waals surface area contributed by atoms with Gasteiger partial charge in [-0.1, -0.05) is 12.1 Å². The lowest BCUT2D eigenvalue weighted by Gasteiger charge is -2.09. The van der Waals surface area contributed by atoms with Crippen molar-refractivity contribution in [2.75, 3.05) is 6.61 Å². The molecule has 1 rings (SSSR count). The first-order valence-corrected chi connectivity index (χ1v) is 6.30. The molecule has 19 heavy (non-hydrogen) atoms. The first-order chi connectivity index (χ1) is 9.01. The van der Waals surface area contributed by atoms with Crippen LogP contribution in [0.1, 0.15) is 35.3 Å². The van der Waals surface area contributed by atoms with Gasteiger partial charge >= 0.3 is 5.97 Å². The molecule has 0 aromatic heterocycles. The number of ether oxygens (including phenoxy) is 1. The first-order valence-electron chi connectivity index (χ1n) is 5.87. The smallest absolute Gasteiger partial charge is 0.310 e. The molecule has 0 saturated heterocycles. The van der Waals surface area contributed by atoms with E-state index in [1.54, 1.807) is 26.0 Å². The maximum Gasteiger partial charge on any atom is 0.310 e. The topological polar surface area (TPSA) is 67.2 Å². The summed E-state index contributed by atoms with van der Waals surface area (Å²) in [6.07, 6.45) is -0.0332. The average Bonchev–Trinajstić information content (AvgIpc) is 2.37. The number of alkyl halides is 1. The Labute approximate surface area is 116 Å². The number of carbonyl (C=O) groups excluding carboxylic acids is 2. The monoisotopic (exact) mass is 279 g/mol. The summed E-state index contributed by atoms with van der Waals surface area (Å²) in [5, 5.41) is 8.46. The zero-order chi connectivity index (χ0) is 14.4. The van der Waals surface area contributed by atoms with Crippen LogP contribution in [-0.4, -0.2) is 23.7 Å². The summed E-state index contributed by atoms with van der Waals surface area (Å²) in [5.41, 5.74) is 0.906. The summed E-state index contributed by atoms with van der Waals surface area (Å²) in [6.45, 7) is 3.53. The molecular formula is C14H14ClNO3. The minimum Gasteiger partial charge on any atom is -0.466 e. The lowest BCUT2D eigenvalue weighted by Crippen LogP contribution is -2.15. The van der Waals surface area contributed by atoms with Gasteiger partial charge in [0.1, 0.15) is 6.07 Å².